The molecule has 0 saturated heterocycles. The molecular weight excluding hydrogens is 542 g/mol. The first kappa shape index (κ1) is 27.8. The lowest BCUT2D eigenvalue weighted by molar-refractivity contribution is -0.113. The zero-order valence-corrected chi connectivity index (χ0v) is 24.6. The number of ether oxygens (including phenoxy) is 1. The molecule has 1 aliphatic rings. The van der Waals surface area contributed by atoms with Gasteiger partial charge in [-0.05, 0) is 68.1 Å². The number of hydrogen-bond acceptors (Lipinski definition) is 6. The van der Waals surface area contributed by atoms with Crippen molar-refractivity contribution in [2.45, 2.75) is 51.1 Å². The largest absolute Gasteiger partial charge is 0.494 e. The van der Waals surface area contributed by atoms with Gasteiger partial charge in [0.25, 0.3) is 5.91 Å². The quantitative estimate of drug-likeness (QED) is 0.201. The molecule has 2 heterocycles. The number of hydrogen-bond donors (Lipinski definition) is 2. The highest BCUT2D eigenvalue weighted by Gasteiger charge is 2.35. The van der Waals surface area contributed by atoms with Crippen LogP contribution in [0.15, 0.2) is 83.2 Å². The second-order valence-corrected chi connectivity index (χ2v) is 11.2. The fourth-order valence-corrected chi connectivity index (χ4v) is 5.81. The van der Waals surface area contributed by atoms with Crippen LogP contribution in [0.3, 0.4) is 0 Å². The Hall–Kier alpha value is -3.75. The number of aryl methyl sites for hydroxylation is 2. The number of carbonyl (C=O) groups is 1. The van der Waals surface area contributed by atoms with Crippen molar-refractivity contribution in [1.29, 1.82) is 0 Å². The van der Waals surface area contributed by atoms with E-state index < -0.39 is 6.04 Å². The predicted molar refractivity (Wildman–Crippen MR) is 162 cm³/mol. The molecule has 206 valence electrons. The van der Waals surface area contributed by atoms with Crippen molar-refractivity contribution < 1.29 is 9.53 Å². The molecule has 4 aromatic rings. The molecule has 7 nitrogen and oxygen atoms in total. The summed E-state index contributed by atoms with van der Waals surface area (Å²) in [6.45, 7) is 8.61. The van der Waals surface area contributed by atoms with Crippen molar-refractivity contribution in [2.75, 3.05) is 17.2 Å². The van der Waals surface area contributed by atoms with Gasteiger partial charge in [0.15, 0.2) is 0 Å². The smallest absolute Gasteiger partial charge is 0.255 e. The summed E-state index contributed by atoms with van der Waals surface area (Å²) >= 11 is 7.87. The Labute approximate surface area is 244 Å². The van der Waals surface area contributed by atoms with Crippen LogP contribution in [0.5, 0.6) is 5.75 Å². The number of rotatable bonds is 9. The van der Waals surface area contributed by atoms with Gasteiger partial charge in [0.2, 0.25) is 11.1 Å². The molecule has 40 heavy (non-hydrogen) atoms. The Morgan fingerprint density at radius 1 is 1.10 bits per heavy atom. The highest BCUT2D eigenvalue weighted by atomic mass is 35.5. The summed E-state index contributed by atoms with van der Waals surface area (Å²) in [6, 6.07) is 21.1. The van der Waals surface area contributed by atoms with Crippen molar-refractivity contribution in [1.82, 2.24) is 14.8 Å². The van der Waals surface area contributed by atoms with Crippen molar-refractivity contribution in [3.05, 3.63) is 105 Å². The maximum Gasteiger partial charge on any atom is 0.255 e. The number of aromatic nitrogens is 3. The lowest BCUT2D eigenvalue weighted by atomic mass is 9.94. The summed E-state index contributed by atoms with van der Waals surface area (Å²) in [7, 11) is 0. The van der Waals surface area contributed by atoms with E-state index >= 15 is 0 Å². The molecule has 1 aliphatic heterocycles. The monoisotopic (exact) mass is 573 g/mol. The third kappa shape index (κ3) is 6.03. The van der Waals surface area contributed by atoms with Gasteiger partial charge in [-0.2, -0.15) is 4.98 Å². The molecule has 5 rings (SSSR count). The van der Waals surface area contributed by atoms with E-state index in [1.165, 1.54) is 11.8 Å². The fourth-order valence-electron chi connectivity index (χ4n) is 4.69. The third-order valence-corrected chi connectivity index (χ3v) is 7.92. The number of nitrogens with zero attached hydrogens (tertiary/aromatic N) is 3. The molecule has 0 bridgehead atoms. The maximum atomic E-state index is 13.9. The summed E-state index contributed by atoms with van der Waals surface area (Å²) in [5.74, 6) is 1.75. The Kier molecular flexibility index (Phi) is 8.47. The van der Waals surface area contributed by atoms with Gasteiger partial charge in [0, 0.05) is 22.2 Å². The SMILES string of the molecule is CCCOc1cccc(C2C(C(=O)Nc3ccc(C)cc3C)=C(C)Nc3nc(SCc4ccccc4Cl)nn32)c1. The van der Waals surface area contributed by atoms with Crippen LogP contribution in [-0.2, 0) is 10.5 Å². The molecule has 0 aliphatic carbocycles. The van der Waals surface area contributed by atoms with E-state index in [-0.39, 0.29) is 5.91 Å². The van der Waals surface area contributed by atoms with E-state index in [0.29, 0.717) is 34.1 Å². The molecule has 1 aromatic heterocycles. The van der Waals surface area contributed by atoms with E-state index in [1.54, 1.807) is 4.68 Å². The minimum absolute atomic E-state index is 0.201. The van der Waals surface area contributed by atoms with Gasteiger partial charge in [0.05, 0.1) is 12.2 Å². The molecule has 0 fully saturated rings. The number of benzene rings is 3. The van der Waals surface area contributed by atoms with E-state index in [0.717, 1.165) is 45.8 Å². The Bertz CT molecular complexity index is 1580. The fraction of sp³-hybridized carbons (Fsp3) is 0.258. The van der Waals surface area contributed by atoms with Crippen LogP contribution in [0.25, 0.3) is 0 Å². The number of fused-ring (bicyclic) bond motifs is 1. The van der Waals surface area contributed by atoms with E-state index in [4.69, 9.17) is 26.4 Å². The van der Waals surface area contributed by atoms with Gasteiger partial charge in [-0.3, -0.25) is 4.79 Å². The molecule has 1 amide bonds. The van der Waals surface area contributed by atoms with Crippen molar-refractivity contribution in [3.63, 3.8) is 0 Å². The lowest BCUT2D eigenvalue weighted by Crippen LogP contribution is -2.31. The molecule has 0 spiro atoms. The van der Waals surface area contributed by atoms with Crippen molar-refractivity contribution in [2.24, 2.45) is 0 Å². The summed E-state index contributed by atoms with van der Waals surface area (Å²) in [6.07, 6.45) is 0.902. The number of nitrogens with one attached hydrogen (secondary N) is 2. The first-order valence-electron chi connectivity index (χ1n) is 13.3. The predicted octanol–water partition coefficient (Wildman–Crippen LogP) is 7.56. The van der Waals surface area contributed by atoms with Crippen molar-refractivity contribution in [3.8, 4) is 5.75 Å². The van der Waals surface area contributed by atoms with Crippen LogP contribution in [0.4, 0.5) is 11.6 Å². The Balaban J connectivity index is 1.51. The Morgan fingerprint density at radius 3 is 2.70 bits per heavy atom. The minimum atomic E-state index is -0.505. The van der Waals surface area contributed by atoms with E-state index in [2.05, 4.69) is 23.6 Å². The average molecular weight is 574 g/mol. The number of amides is 1. The number of allylic oxidation sites excluding steroid dienone is 1. The van der Waals surface area contributed by atoms with Crippen LogP contribution < -0.4 is 15.4 Å². The highest BCUT2D eigenvalue weighted by molar-refractivity contribution is 7.98. The molecule has 2 N–H and O–H groups in total. The molecule has 3 aromatic carbocycles. The normalized spacial score (nSPS) is 14.5. The first-order chi connectivity index (χ1) is 19.3. The summed E-state index contributed by atoms with van der Waals surface area (Å²) in [5.41, 5.74) is 6.09. The average Bonchev–Trinajstić information content (AvgIpc) is 3.34. The second kappa shape index (κ2) is 12.2. The van der Waals surface area contributed by atoms with Crippen LogP contribution in [-0.4, -0.2) is 27.3 Å². The lowest BCUT2D eigenvalue weighted by Gasteiger charge is -2.29. The summed E-state index contributed by atoms with van der Waals surface area (Å²) in [4.78, 5) is 18.7. The van der Waals surface area contributed by atoms with E-state index in [9.17, 15) is 4.79 Å². The maximum absolute atomic E-state index is 13.9. The second-order valence-electron chi connectivity index (χ2n) is 9.80. The number of anilines is 2. The van der Waals surface area contributed by atoms with E-state index in [1.807, 2.05) is 81.4 Å². The topological polar surface area (TPSA) is 81.1 Å². The Morgan fingerprint density at radius 2 is 1.93 bits per heavy atom. The van der Waals surface area contributed by atoms with Gasteiger partial charge < -0.3 is 15.4 Å². The molecule has 1 atom stereocenters. The number of carbonyl (C=O) groups excluding carboxylic acids is 1. The molecule has 1 unspecified atom stereocenters. The molecule has 9 heteroatoms. The van der Waals surface area contributed by atoms with Gasteiger partial charge in [-0.1, -0.05) is 78.3 Å². The highest BCUT2D eigenvalue weighted by Crippen LogP contribution is 2.38. The van der Waals surface area contributed by atoms with Crippen LogP contribution in [0, 0.1) is 13.8 Å². The van der Waals surface area contributed by atoms with Gasteiger partial charge in [0.1, 0.15) is 11.8 Å². The zero-order chi connectivity index (χ0) is 28.2. The third-order valence-electron chi connectivity index (χ3n) is 6.67. The number of thioether (sulfide) groups is 1. The van der Waals surface area contributed by atoms with Gasteiger partial charge in [-0.25, -0.2) is 4.68 Å². The molecule has 0 radical (unpaired) electrons. The van der Waals surface area contributed by atoms with Crippen molar-refractivity contribution >= 4 is 40.9 Å². The van der Waals surface area contributed by atoms with Gasteiger partial charge >= 0.3 is 0 Å². The van der Waals surface area contributed by atoms with Crippen LogP contribution in [0.1, 0.15) is 48.6 Å². The zero-order valence-electron chi connectivity index (χ0n) is 23.0. The number of halogens is 1. The first-order valence-corrected chi connectivity index (χ1v) is 14.6. The van der Waals surface area contributed by atoms with Crippen LogP contribution >= 0.6 is 23.4 Å². The minimum Gasteiger partial charge on any atom is -0.494 e. The van der Waals surface area contributed by atoms with Crippen LogP contribution in [0.2, 0.25) is 5.02 Å². The summed E-state index contributed by atoms with van der Waals surface area (Å²) < 4.78 is 7.72. The standard InChI is InChI=1S/C31H32ClN5O2S/c1-5-15-39-24-11-8-10-22(17-24)28-27(29(38)34-26-14-13-19(2)16-20(26)3)21(4)33-30-35-31(36-37(28)30)40-18-23-9-6-7-12-25(23)32/h6-14,16-17,28H,5,15,18H2,1-4H3,(H,34,38)(H,33,35,36). The molecule has 0 saturated carbocycles. The molecular formula is C31H32ClN5O2S. The van der Waals surface area contributed by atoms with Gasteiger partial charge in [-0.15, -0.1) is 5.10 Å². The summed E-state index contributed by atoms with van der Waals surface area (Å²) in [5, 5.41) is 12.6.